The van der Waals surface area contributed by atoms with Crippen molar-refractivity contribution in [1.82, 2.24) is 9.47 Å². The van der Waals surface area contributed by atoms with E-state index in [0.717, 1.165) is 37.8 Å². The van der Waals surface area contributed by atoms with E-state index < -0.39 is 18.4 Å². The zero-order valence-corrected chi connectivity index (χ0v) is 22.2. The monoisotopic (exact) mass is 541 g/mol. The smallest absolute Gasteiger partial charge is 0.323 e. The Morgan fingerprint density at radius 3 is 2.60 bits per heavy atom. The number of fused-ring (bicyclic) bond motifs is 3. The van der Waals surface area contributed by atoms with Gasteiger partial charge in [-0.15, -0.1) is 11.3 Å². The summed E-state index contributed by atoms with van der Waals surface area (Å²) in [4.78, 5) is 41.7. The number of anilines is 1. The largest absolute Gasteiger partial charge is 0.480 e. The molecule has 0 saturated carbocycles. The number of amides is 1. The molecule has 2 aliphatic heterocycles. The van der Waals surface area contributed by atoms with Crippen molar-refractivity contribution in [3.8, 4) is 0 Å². The Morgan fingerprint density at radius 1 is 1.11 bits per heavy atom. The molecule has 0 bridgehead atoms. The second-order valence-corrected chi connectivity index (χ2v) is 11.7. The number of aromatic nitrogens is 1. The number of thiocarbonyl (C=S) groups is 1. The number of allylic oxidation sites excluding steroid dienone is 1. The number of carbonyl (C=O) groups excluding carboxylic acids is 1. The second kappa shape index (κ2) is 8.98. The summed E-state index contributed by atoms with van der Waals surface area (Å²) in [5.41, 5.74) is 1.72. The molecule has 1 aromatic heterocycles. The van der Waals surface area contributed by atoms with Gasteiger partial charge in [0, 0.05) is 24.4 Å². The van der Waals surface area contributed by atoms with E-state index in [9.17, 15) is 14.4 Å². The summed E-state index contributed by atoms with van der Waals surface area (Å²) >= 11 is 9.10. The molecule has 0 radical (unpaired) electrons. The van der Waals surface area contributed by atoms with Crippen LogP contribution in [0.3, 0.4) is 0 Å². The average molecular weight is 542 g/mol. The van der Waals surface area contributed by atoms with E-state index in [1.807, 2.05) is 32.2 Å². The van der Waals surface area contributed by atoms with Crippen LogP contribution in [0.25, 0.3) is 21.3 Å². The number of rotatable bonds is 3. The van der Waals surface area contributed by atoms with E-state index in [4.69, 9.17) is 17.3 Å². The predicted octanol–water partition coefficient (Wildman–Crippen LogP) is 2.91. The minimum atomic E-state index is -1.15. The number of carboxylic acids is 1. The molecule has 0 atom stereocenters. The van der Waals surface area contributed by atoms with Crippen LogP contribution in [-0.4, -0.2) is 44.4 Å². The average Bonchev–Trinajstić information content (AvgIpc) is 3.40. The number of carboxylic acid groups (broad SMARTS) is 1. The number of hydrogen-bond acceptors (Lipinski definition) is 8. The van der Waals surface area contributed by atoms with Crippen molar-refractivity contribution in [2.45, 2.75) is 11.8 Å². The molecule has 5 rings (SSSR count). The van der Waals surface area contributed by atoms with E-state index in [2.05, 4.69) is 29.2 Å². The number of hydrogen-bond donors (Lipinski definition) is 1. The van der Waals surface area contributed by atoms with Gasteiger partial charge in [-0.05, 0) is 30.0 Å². The SMILES string of the molecule is CC(/C=C1\Sc2ccc3ccccc3c2N1C)=c1\s/c(=C2\SC(=S)N(CC(=O)O)C2=O)n(C)c1=O. The van der Waals surface area contributed by atoms with Gasteiger partial charge in [-0.2, -0.15) is 0 Å². The number of nitrogens with zero attached hydrogens (tertiary/aromatic N) is 3. The van der Waals surface area contributed by atoms with Crippen molar-refractivity contribution in [1.29, 1.82) is 0 Å². The van der Waals surface area contributed by atoms with Crippen LogP contribution in [0.2, 0.25) is 0 Å². The Balaban J connectivity index is 1.60. The van der Waals surface area contributed by atoms with Crippen LogP contribution < -0.4 is 19.7 Å². The molecule has 1 saturated heterocycles. The Kier molecular flexibility index (Phi) is 6.12. The summed E-state index contributed by atoms with van der Waals surface area (Å²) < 4.78 is 2.60. The van der Waals surface area contributed by atoms with Gasteiger partial charge in [-0.1, -0.05) is 66.1 Å². The summed E-state index contributed by atoms with van der Waals surface area (Å²) in [7, 11) is 3.63. The first-order valence-corrected chi connectivity index (χ1v) is 13.3. The molecule has 0 aliphatic carbocycles. The molecule has 1 amide bonds. The maximum atomic E-state index is 13.1. The molecule has 3 heterocycles. The highest BCUT2D eigenvalue weighted by Gasteiger charge is 2.35. The maximum Gasteiger partial charge on any atom is 0.323 e. The predicted molar refractivity (Wildman–Crippen MR) is 147 cm³/mol. The molecule has 0 unspecified atom stereocenters. The fourth-order valence-electron chi connectivity index (χ4n) is 4.03. The lowest BCUT2D eigenvalue weighted by Gasteiger charge is -2.15. The maximum absolute atomic E-state index is 13.1. The molecular formula is C24H19N3O4S4. The highest BCUT2D eigenvalue weighted by molar-refractivity contribution is 8.30. The van der Waals surface area contributed by atoms with Gasteiger partial charge in [0.25, 0.3) is 11.5 Å². The van der Waals surface area contributed by atoms with Crippen molar-refractivity contribution in [2.75, 3.05) is 18.5 Å². The summed E-state index contributed by atoms with van der Waals surface area (Å²) in [6.07, 6.45) is 1.99. The summed E-state index contributed by atoms with van der Waals surface area (Å²) in [5, 5.41) is 12.4. The van der Waals surface area contributed by atoms with Gasteiger partial charge >= 0.3 is 5.97 Å². The zero-order chi connectivity index (χ0) is 25.0. The van der Waals surface area contributed by atoms with Gasteiger partial charge in [0.15, 0.2) is 0 Å². The van der Waals surface area contributed by atoms with Gasteiger partial charge in [0.2, 0.25) is 0 Å². The normalized spacial score (nSPS) is 19.2. The topological polar surface area (TPSA) is 82.8 Å². The third-order valence-corrected chi connectivity index (χ3v) is 9.87. The molecule has 178 valence electrons. The van der Waals surface area contributed by atoms with Gasteiger partial charge in [-0.3, -0.25) is 19.3 Å². The molecule has 1 N–H and O–H groups in total. The van der Waals surface area contributed by atoms with Crippen molar-refractivity contribution in [3.63, 3.8) is 0 Å². The zero-order valence-electron chi connectivity index (χ0n) is 18.9. The van der Waals surface area contributed by atoms with Gasteiger partial charge in [-0.25, -0.2) is 0 Å². The number of aliphatic carboxylic acids is 1. The first-order chi connectivity index (χ1) is 16.7. The van der Waals surface area contributed by atoms with Crippen LogP contribution in [0.5, 0.6) is 0 Å². The van der Waals surface area contributed by atoms with Crippen molar-refractivity contribution in [3.05, 3.63) is 67.1 Å². The van der Waals surface area contributed by atoms with E-state index in [-0.39, 0.29) is 14.8 Å². The van der Waals surface area contributed by atoms with Crippen LogP contribution in [0.15, 0.2) is 57.2 Å². The minimum Gasteiger partial charge on any atom is -0.480 e. The highest BCUT2D eigenvalue weighted by atomic mass is 32.2. The summed E-state index contributed by atoms with van der Waals surface area (Å²) in [6.45, 7) is 1.38. The molecular weight excluding hydrogens is 523 g/mol. The van der Waals surface area contributed by atoms with E-state index in [1.54, 1.807) is 18.8 Å². The number of carbonyl (C=O) groups is 2. The molecule has 0 spiro atoms. The minimum absolute atomic E-state index is 0.173. The second-order valence-electron chi connectivity index (χ2n) is 8.04. The first kappa shape index (κ1) is 23.9. The third kappa shape index (κ3) is 4.02. The van der Waals surface area contributed by atoms with E-state index in [0.29, 0.717) is 9.20 Å². The fraction of sp³-hybridized carbons (Fsp3) is 0.167. The highest BCUT2D eigenvalue weighted by Crippen LogP contribution is 2.48. The Bertz CT molecular complexity index is 1670. The van der Waals surface area contributed by atoms with Crippen molar-refractivity contribution in [2.24, 2.45) is 7.05 Å². The Labute approximate surface area is 218 Å². The lowest BCUT2D eigenvalue weighted by molar-refractivity contribution is -0.140. The lowest BCUT2D eigenvalue weighted by atomic mass is 10.1. The number of benzene rings is 2. The molecule has 3 aromatic rings. The standard InChI is InChI=1S/C24H19N3O4S4/c1-12(10-16-25(2)18-14-7-5-4-6-13(14)8-9-15(18)33-16)19-21(30)26(3)23(34-19)20-22(31)27(11-17(28)29)24(32)35-20/h4-10H,11H2,1-3H3,(H,28,29)/b16-10-,19-12+,23-20-. The Hall–Kier alpha value is -2.86. The van der Waals surface area contributed by atoms with Crippen LogP contribution in [0, 0.1) is 0 Å². The van der Waals surface area contributed by atoms with Crippen molar-refractivity contribution >= 4 is 90.2 Å². The molecule has 35 heavy (non-hydrogen) atoms. The molecule has 2 aliphatic rings. The van der Waals surface area contributed by atoms with E-state index in [1.165, 1.54) is 26.7 Å². The first-order valence-electron chi connectivity index (χ1n) is 10.5. The quantitative estimate of drug-likeness (QED) is 0.507. The molecule has 1 fully saturated rings. The summed E-state index contributed by atoms with van der Waals surface area (Å²) in [6, 6.07) is 12.5. The van der Waals surface area contributed by atoms with Crippen LogP contribution >= 0.6 is 47.1 Å². The van der Waals surface area contributed by atoms with Gasteiger partial charge in [0.1, 0.15) is 20.4 Å². The lowest BCUT2D eigenvalue weighted by Crippen LogP contribution is -2.35. The Morgan fingerprint density at radius 2 is 1.86 bits per heavy atom. The van der Waals surface area contributed by atoms with Gasteiger partial charge in [0.05, 0.1) is 15.2 Å². The van der Waals surface area contributed by atoms with Crippen molar-refractivity contribution < 1.29 is 14.7 Å². The number of thiazole rings is 1. The van der Waals surface area contributed by atoms with Gasteiger partial charge < -0.3 is 14.6 Å². The number of thioether (sulfide) groups is 2. The molecule has 2 aromatic carbocycles. The fourth-order valence-corrected chi connectivity index (χ4v) is 7.74. The van der Waals surface area contributed by atoms with Crippen LogP contribution in [-0.2, 0) is 16.6 Å². The molecule has 11 heteroatoms. The molecule has 7 nitrogen and oxygen atoms in total. The van der Waals surface area contributed by atoms with Crippen LogP contribution in [0.1, 0.15) is 6.92 Å². The summed E-state index contributed by atoms with van der Waals surface area (Å²) in [5.74, 6) is -1.64. The van der Waals surface area contributed by atoms with Crippen LogP contribution in [0.4, 0.5) is 5.69 Å². The van der Waals surface area contributed by atoms with E-state index >= 15 is 0 Å². The third-order valence-electron chi connectivity index (χ3n) is 5.78.